The molecule has 1 spiro atoms. The van der Waals surface area contributed by atoms with Crippen molar-refractivity contribution in [3.8, 4) is 11.5 Å². The Kier molecular flexibility index (Phi) is 5.37. The van der Waals surface area contributed by atoms with E-state index in [1.807, 2.05) is 13.8 Å². The summed E-state index contributed by atoms with van der Waals surface area (Å²) in [7, 11) is 0. The van der Waals surface area contributed by atoms with E-state index in [1.54, 1.807) is 0 Å². The third-order valence-corrected chi connectivity index (χ3v) is 8.82. The summed E-state index contributed by atoms with van der Waals surface area (Å²) < 4.78 is 12.3. The number of benzene rings is 1. The van der Waals surface area contributed by atoms with Crippen LogP contribution in [0.3, 0.4) is 0 Å². The van der Waals surface area contributed by atoms with Crippen LogP contribution in [0.5, 0.6) is 11.5 Å². The first-order chi connectivity index (χ1) is 14.9. The Labute approximate surface area is 188 Å². The number of fused-ring (bicyclic) bond motifs is 3. The van der Waals surface area contributed by atoms with Crippen LogP contribution in [0.15, 0.2) is 6.07 Å². The van der Waals surface area contributed by atoms with Crippen LogP contribution in [-0.4, -0.2) is 45.4 Å². The van der Waals surface area contributed by atoms with E-state index in [0.29, 0.717) is 36.0 Å². The molecule has 1 aromatic rings. The first kappa shape index (κ1) is 23.1. The predicted octanol–water partition coefficient (Wildman–Crippen LogP) is 3.15. The number of aromatic hydroxyl groups is 1. The van der Waals surface area contributed by atoms with Crippen molar-refractivity contribution in [2.45, 2.75) is 84.7 Å². The Hall–Kier alpha value is -2.12. The Morgan fingerprint density at radius 1 is 1.31 bits per heavy atom. The molecule has 6 atom stereocenters. The first-order valence-electron chi connectivity index (χ1n) is 11.4. The molecular weight excluding hydrogens is 412 g/mol. The second-order valence-corrected chi connectivity index (χ2v) is 10.8. The van der Waals surface area contributed by atoms with Gasteiger partial charge in [-0.1, -0.05) is 27.7 Å². The molecule has 1 aromatic carbocycles. The number of carbonyl (C=O) groups is 2. The van der Waals surface area contributed by atoms with Gasteiger partial charge in [0.25, 0.3) is 0 Å². The van der Waals surface area contributed by atoms with Gasteiger partial charge in [0.2, 0.25) is 0 Å². The molecule has 176 valence electrons. The van der Waals surface area contributed by atoms with Gasteiger partial charge in [-0.3, -0.25) is 9.59 Å². The minimum absolute atomic E-state index is 0.0119. The molecule has 0 radical (unpaired) electrons. The van der Waals surface area contributed by atoms with Gasteiger partial charge < -0.3 is 24.8 Å². The van der Waals surface area contributed by atoms with Gasteiger partial charge in [-0.05, 0) is 42.7 Å². The molecule has 4 rings (SSSR count). The average molecular weight is 447 g/mol. The molecule has 3 aliphatic rings. The molecule has 2 saturated carbocycles. The van der Waals surface area contributed by atoms with Crippen molar-refractivity contribution in [3.05, 3.63) is 22.8 Å². The van der Waals surface area contributed by atoms with Gasteiger partial charge in [-0.25, -0.2) is 0 Å². The quantitative estimate of drug-likeness (QED) is 0.483. The summed E-state index contributed by atoms with van der Waals surface area (Å²) in [5.74, 6) is 0.115. The lowest BCUT2D eigenvalue weighted by atomic mass is 9.43. The molecule has 0 amide bonds. The highest BCUT2D eigenvalue weighted by Gasteiger charge is 2.69. The molecule has 1 heterocycles. The maximum absolute atomic E-state index is 11.9. The lowest BCUT2D eigenvalue weighted by Crippen LogP contribution is -2.69. The van der Waals surface area contributed by atoms with Crippen molar-refractivity contribution < 1.29 is 34.4 Å². The molecule has 32 heavy (non-hydrogen) atoms. The highest BCUT2D eigenvalue weighted by molar-refractivity contribution is 5.84. The normalized spacial score (nSPS) is 37.3. The van der Waals surface area contributed by atoms with Gasteiger partial charge in [0.15, 0.2) is 6.29 Å². The molecule has 3 N–H and O–H groups in total. The standard InChI is InChI=1S/C25H34O7/c1-13-6-7-20-23(3,4)22(31-14(2)28)19(30)10-24(20,5)25(13)9-16-18(29)8-15(11-26)17(12-27)21(16)32-25/h8,12-13,19-20,22,26,29-30H,6-7,9-11H2,1-5H3/t13-,19+,20+,22+,24+,25+/m0/s1. The van der Waals surface area contributed by atoms with Gasteiger partial charge in [-0.2, -0.15) is 0 Å². The van der Waals surface area contributed by atoms with Gasteiger partial charge in [0, 0.05) is 29.7 Å². The molecule has 0 saturated heterocycles. The number of aliphatic hydroxyl groups excluding tert-OH is 2. The fraction of sp³-hybridized carbons (Fsp3) is 0.680. The van der Waals surface area contributed by atoms with Crippen LogP contribution in [0.2, 0.25) is 0 Å². The molecule has 1 aliphatic heterocycles. The molecule has 2 aliphatic carbocycles. The van der Waals surface area contributed by atoms with Crippen molar-refractivity contribution in [2.75, 3.05) is 0 Å². The molecule has 0 unspecified atom stereocenters. The van der Waals surface area contributed by atoms with Crippen LogP contribution in [0.4, 0.5) is 0 Å². The van der Waals surface area contributed by atoms with Crippen molar-refractivity contribution in [2.24, 2.45) is 22.7 Å². The first-order valence-corrected chi connectivity index (χ1v) is 11.4. The zero-order valence-electron chi connectivity index (χ0n) is 19.5. The number of aldehydes is 1. The number of carbonyl (C=O) groups excluding carboxylic acids is 2. The van der Waals surface area contributed by atoms with Crippen LogP contribution in [-0.2, 0) is 22.6 Å². The molecule has 2 fully saturated rings. The van der Waals surface area contributed by atoms with Crippen LogP contribution in [0, 0.1) is 22.7 Å². The molecular formula is C25H34O7. The largest absolute Gasteiger partial charge is 0.508 e. The predicted molar refractivity (Wildman–Crippen MR) is 116 cm³/mol. The van der Waals surface area contributed by atoms with Gasteiger partial charge in [0.05, 0.1) is 18.3 Å². The maximum atomic E-state index is 11.9. The molecule has 0 aromatic heterocycles. The Balaban J connectivity index is 1.84. The number of ether oxygens (including phenoxy) is 2. The monoisotopic (exact) mass is 446 g/mol. The van der Waals surface area contributed by atoms with Crippen LogP contribution in [0.25, 0.3) is 0 Å². The number of esters is 1. The number of phenols is 1. The molecule has 7 heteroatoms. The Morgan fingerprint density at radius 2 is 2.00 bits per heavy atom. The van der Waals surface area contributed by atoms with E-state index in [1.165, 1.54) is 13.0 Å². The number of phenolic OH excluding ortho intramolecular Hbond substituents is 1. The van der Waals surface area contributed by atoms with E-state index in [-0.39, 0.29) is 29.8 Å². The zero-order chi connectivity index (χ0) is 23.6. The lowest BCUT2D eigenvalue weighted by Gasteiger charge is -2.65. The molecule has 0 bridgehead atoms. The van der Waals surface area contributed by atoms with Crippen molar-refractivity contribution in [1.29, 1.82) is 0 Å². The van der Waals surface area contributed by atoms with E-state index in [0.717, 1.165) is 12.8 Å². The summed E-state index contributed by atoms with van der Waals surface area (Å²) in [6, 6.07) is 1.44. The third-order valence-electron chi connectivity index (χ3n) is 8.82. The van der Waals surface area contributed by atoms with E-state index >= 15 is 0 Å². The SMILES string of the molecule is CC(=O)O[C@@H]1[C@H](O)C[C@]2(C)[C@H](CC[C@H](C)[C@]23Cc2c(O)cc(CO)c(C=O)c2O3)C1(C)C. The summed E-state index contributed by atoms with van der Waals surface area (Å²) >= 11 is 0. The third kappa shape index (κ3) is 2.93. The van der Waals surface area contributed by atoms with E-state index in [9.17, 15) is 24.9 Å². The Morgan fingerprint density at radius 3 is 2.59 bits per heavy atom. The van der Waals surface area contributed by atoms with Crippen molar-refractivity contribution >= 4 is 12.3 Å². The van der Waals surface area contributed by atoms with E-state index < -0.39 is 34.6 Å². The summed E-state index contributed by atoms with van der Waals surface area (Å²) in [6.07, 6.45) is 1.74. The minimum atomic E-state index is -0.864. The number of rotatable bonds is 3. The van der Waals surface area contributed by atoms with Gasteiger partial charge >= 0.3 is 5.97 Å². The summed E-state index contributed by atoms with van der Waals surface area (Å²) in [5, 5.41) is 31.6. The summed E-state index contributed by atoms with van der Waals surface area (Å²) in [4.78, 5) is 23.7. The highest BCUT2D eigenvalue weighted by atomic mass is 16.6. The zero-order valence-corrected chi connectivity index (χ0v) is 19.5. The van der Waals surface area contributed by atoms with E-state index in [4.69, 9.17) is 9.47 Å². The molecule has 7 nitrogen and oxygen atoms in total. The van der Waals surface area contributed by atoms with Crippen molar-refractivity contribution in [3.63, 3.8) is 0 Å². The van der Waals surface area contributed by atoms with Crippen LogP contribution >= 0.6 is 0 Å². The summed E-state index contributed by atoms with van der Waals surface area (Å²) in [5.41, 5.74) is -0.584. The topological polar surface area (TPSA) is 113 Å². The fourth-order valence-electron chi connectivity index (χ4n) is 7.36. The number of aliphatic hydroxyl groups is 2. The van der Waals surface area contributed by atoms with Crippen LogP contribution < -0.4 is 4.74 Å². The Bertz CT molecular complexity index is 954. The second kappa shape index (κ2) is 7.45. The van der Waals surface area contributed by atoms with Gasteiger partial charge in [0.1, 0.15) is 23.2 Å². The van der Waals surface area contributed by atoms with Crippen molar-refractivity contribution in [1.82, 2.24) is 0 Å². The van der Waals surface area contributed by atoms with Gasteiger partial charge in [-0.15, -0.1) is 0 Å². The summed E-state index contributed by atoms with van der Waals surface area (Å²) in [6.45, 7) is 9.30. The van der Waals surface area contributed by atoms with E-state index in [2.05, 4.69) is 13.8 Å². The lowest BCUT2D eigenvalue weighted by molar-refractivity contribution is -0.246. The number of hydrogen-bond acceptors (Lipinski definition) is 7. The second-order valence-electron chi connectivity index (χ2n) is 10.8. The fourth-order valence-corrected chi connectivity index (χ4v) is 7.36. The average Bonchev–Trinajstić information content (AvgIpc) is 3.12. The van der Waals surface area contributed by atoms with Crippen LogP contribution in [0.1, 0.15) is 75.4 Å². The minimum Gasteiger partial charge on any atom is -0.508 e. The smallest absolute Gasteiger partial charge is 0.303 e. The highest BCUT2D eigenvalue weighted by Crippen LogP contribution is 2.67. The number of hydrogen-bond donors (Lipinski definition) is 3. The maximum Gasteiger partial charge on any atom is 0.303 e.